The van der Waals surface area contributed by atoms with Crippen molar-refractivity contribution in [3.63, 3.8) is 0 Å². The Morgan fingerprint density at radius 1 is 1.50 bits per heavy atom. The van der Waals surface area contributed by atoms with E-state index in [0.29, 0.717) is 18.9 Å². The van der Waals surface area contributed by atoms with Crippen LogP contribution in [0.5, 0.6) is 5.75 Å². The average molecular weight is 265 g/mol. The summed E-state index contributed by atoms with van der Waals surface area (Å²) in [5, 5.41) is 0.241. The van der Waals surface area contributed by atoms with Crippen molar-refractivity contribution < 1.29 is 13.2 Å². The molecule has 0 fully saturated rings. The van der Waals surface area contributed by atoms with Gasteiger partial charge in [0.05, 0.1) is 9.92 Å². The molecule has 0 aliphatic heterocycles. The summed E-state index contributed by atoms with van der Waals surface area (Å²) >= 11 is 5.87. The van der Waals surface area contributed by atoms with Crippen LogP contribution in [-0.4, -0.2) is 28.6 Å². The molecule has 0 bridgehead atoms. The third kappa shape index (κ3) is 3.08. The zero-order valence-electron chi connectivity index (χ0n) is 8.73. The molecule has 0 unspecified atom stereocenters. The Kier molecular flexibility index (Phi) is 4.55. The van der Waals surface area contributed by atoms with Gasteiger partial charge in [-0.1, -0.05) is 11.6 Å². The van der Waals surface area contributed by atoms with Gasteiger partial charge in [-0.15, -0.1) is 0 Å². The number of benzene rings is 1. The van der Waals surface area contributed by atoms with Gasteiger partial charge in [0.15, 0.2) is 0 Å². The van der Waals surface area contributed by atoms with Gasteiger partial charge < -0.3 is 10.5 Å². The Morgan fingerprint density at radius 2 is 2.19 bits per heavy atom. The van der Waals surface area contributed by atoms with E-state index in [0.717, 1.165) is 0 Å². The van der Waals surface area contributed by atoms with E-state index in [1.165, 1.54) is 25.2 Å². The lowest BCUT2D eigenvalue weighted by Crippen LogP contribution is -2.18. The van der Waals surface area contributed by atoms with Crippen LogP contribution in [0.2, 0.25) is 5.02 Å². The number of rotatable bonds is 5. The molecule has 90 valence electrons. The molecule has 0 heterocycles. The number of nitrogens with two attached hydrogens (primary N) is 1. The van der Waals surface area contributed by atoms with Crippen LogP contribution >= 0.6 is 11.6 Å². The lowest BCUT2D eigenvalue weighted by Gasteiger charge is -2.08. The van der Waals surface area contributed by atoms with Gasteiger partial charge in [0.1, 0.15) is 12.4 Å². The second-order valence-corrected chi connectivity index (χ2v) is 5.23. The predicted octanol–water partition coefficient (Wildman–Crippen LogP) is 0.586. The van der Waals surface area contributed by atoms with Crippen LogP contribution in [0.3, 0.4) is 0 Å². The molecule has 7 heteroatoms. The molecular formula is C9H13ClN2O3S. The summed E-state index contributed by atoms with van der Waals surface area (Å²) in [7, 11) is -2.14. The topological polar surface area (TPSA) is 81.4 Å². The summed E-state index contributed by atoms with van der Waals surface area (Å²) in [5.74, 6) is 0.419. The van der Waals surface area contributed by atoms with Crippen molar-refractivity contribution >= 4 is 21.6 Å². The van der Waals surface area contributed by atoms with Crippen molar-refractivity contribution in [2.45, 2.75) is 4.90 Å². The van der Waals surface area contributed by atoms with Gasteiger partial charge in [0, 0.05) is 6.54 Å². The molecule has 0 radical (unpaired) electrons. The number of sulfonamides is 1. The third-order valence-electron chi connectivity index (χ3n) is 1.86. The minimum absolute atomic E-state index is 0.0973. The molecular weight excluding hydrogens is 252 g/mol. The number of hydrogen-bond acceptors (Lipinski definition) is 4. The van der Waals surface area contributed by atoms with Crippen LogP contribution in [0.25, 0.3) is 0 Å². The Balaban J connectivity index is 3.00. The zero-order valence-corrected chi connectivity index (χ0v) is 10.3. The van der Waals surface area contributed by atoms with Crippen molar-refractivity contribution in [2.75, 3.05) is 20.2 Å². The Hall–Kier alpha value is -0.820. The highest BCUT2D eigenvalue weighted by atomic mass is 35.5. The molecule has 5 nitrogen and oxygen atoms in total. The second kappa shape index (κ2) is 5.49. The number of hydrogen-bond donors (Lipinski definition) is 2. The quantitative estimate of drug-likeness (QED) is 0.815. The highest BCUT2D eigenvalue weighted by Gasteiger charge is 2.13. The van der Waals surface area contributed by atoms with E-state index in [2.05, 4.69) is 4.72 Å². The molecule has 0 aliphatic carbocycles. The molecule has 0 aliphatic rings. The molecule has 0 saturated carbocycles. The molecule has 3 N–H and O–H groups in total. The third-order valence-corrected chi connectivity index (χ3v) is 3.57. The van der Waals surface area contributed by atoms with Gasteiger partial charge in [-0.2, -0.15) is 0 Å². The van der Waals surface area contributed by atoms with Gasteiger partial charge in [-0.25, -0.2) is 13.1 Å². The Morgan fingerprint density at radius 3 is 2.69 bits per heavy atom. The minimum atomic E-state index is -3.47. The van der Waals surface area contributed by atoms with E-state index in [1.54, 1.807) is 0 Å². The molecule has 1 aromatic rings. The standard InChI is InChI=1S/C9H13ClN2O3S/c1-12-16(13,14)7-2-3-9(8(10)6-7)15-5-4-11/h2-3,6,12H,4-5,11H2,1H3. The van der Waals surface area contributed by atoms with Gasteiger partial charge in [0.25, 0.3) is 0 Å². The normalized spacial score (nSPS) is 11.4. The first-order valence-corrected chi connectivity index (χ1v) is 6.43. The van der Waals surface area contributed by atoms with E-state index in [4.69, 9.17) is 22.1 Å². The predicted molar refractivity (Wildman–Crippen MR) is 62.2 cm³/mol. The van der Waals surface area contributed by atoms with Crippen LogP contribution in [0.15, 0.2) is 23.1 Å². The van der Waals surface area contributed by atoms with E-state index < -0.39 is 10.0 Å². The average Bonchev–Trinajstić information content (AvgIpc) is 2.27. The molecule has 0 atom stereocenters. The molecule has 0 saturated heterocycles. The van der Waals surface area contributed by atoms with Crippen LogP contribution in [-0.2, 0) is 10.0 Å². The summed E-state index contributed by atoms with van der Waals surface area (Å²) < 4.78 is 30.3. The molecule has 0 amide bonds. The SMILES string of the molecule is CNS(=O)(=O)c1ccc(OCCN)c(Cl)c1. The second-order valence-electron chi connectivity index (χ2n) is 2.94. The Bertz CT molecular complexity index is 462. The van der Waals surface area contributed by atoms with Gasteiger partial charge in [-0.3, -0.25) is 0 Å². The van der Waals surface area contributed by atoms with Crippen LogP contribution in [0.4, 0.5) is 0 Å². The first-order valence-electron chi connectivity index (χ1n) is 4.57. The zero-order chi connectivity index (χ0) is 12.2. The fourth-order valence-electron chi connectivity index (χ4n) is 1.05. The van der Waals surface area contributed by atoms with E-state index in [9.17, 15) is 8.42 Å². The lowest BCUT2D eigenvalue weighted by atomic mass is 10.3. The largest absolute Gasteiger partial charge is 0.491 e. The number of nitrogens with one attached hydrogen (secondary N) is 1. The highest BCUT2D eigenvalue weighted by molar-refractivity contribution is 7.89. The van der Waals surface area contributed by atoms with Crippen molar-refractivity contribution in [1.82, 2.24) is 4.72 Å². The summed E-state index contributed by atoms with van der Waals surface area (Å²) in [6, 6.07) is 4.25. The first kappa shape index (κ1) is 13.2. The molecule has 0 spiro atoms. The molecule has 16 heavy (non-hydrogen) atoms. The van der Waals surface area contributed by atoms with E-state index in [1.807, 2.05) is 0 Å². The maximum absolute atomic E-state index is 11.4. The highest BCUT2D eigenvalue weighted by Crippen LogP contribution is 2.27. The fraction of sp³-hybridized carbons (Fsp3) is 0.333. The molecule has 1 rings (SSSR count). The fourth-order valence-corrected chi connectivity index (χ4v) is 2.11. The van der Waals surface area contributed by atoms with E-state index >= 15 is 0 Å². The summed E-state index contributed by atoms with van der Waals surface area (Å²) in [6.07, 6.45) is 0. The van der Waals surface area contributed by atoms with Crippen LogP contribution < -0.4 is 15.2 Å². The van der Waals surface area contributed by atoms with E-state index in [-0.39, 0.29) is 9.92 Å². The monoisotopic (exact) mass is 264 g/mol. The summed E-state index contributed by atoms with van der Waals surface area (Å²) in [4.78, 5) is 0.0973. The number of ether oxygens (including phenoxy) is 1. The minimum Gasteiger partial charge on any atom is -0.491 e. The van der Waals surface area contributed by atoms with Crippen LogP contribution in [0, 0.1) is 0 Å². The number of halogens is 1. The lowest BCUT2D eigenvalue weighted by molar-refractivity contribution is 0.328. The molecule has 1 aromatic carbocycles. The maximum atomic E-state index is 11.4. The summed E-state index contributed by atoms with van der Waals surface area (Å²) in [6.45, 7) is 0.699. The summed E-state index contributed by atoms with van der Waals surface area (Å²) in [5.41, 5.74) is 5.27. The van der Waals surface area contributed by atoms with Gasteiger partial charge in [-0.05, 0) is 25.2 Å². The van der Waals surface area contributed by atoms with Crippen molar-refractivity contribution in [1.29, 1.82) is 0 Å². The Labute approximate surface area is 99.6 Å². The van der Waals surface area contributed by atoms with Crippen LogP contribution in [0.1, 0.15) is 0 Å². The first-order chi connectivity index (χ1) is 7.51. The van der Waals surface area contributed by atoms with Gasteiger partial charge >= 0.3 is 0 Å². The van der Waals surface area contributed by atoms with Gasteiger partial charge in [0.2, 0.25) is 10.0 Å². The van der Waals surface area contributed by atoms with Crippen molar-refractivity contribution in [3.05, 3.63) is 23.2 Å². The van der Waals surface area contributed by atoms with Crippen molar-refractivity contribution in [3.8, 4) is 5.75 Å². The van der Waals surface area contributed by atoms with Crippen molar-refractivity contribution in [2.24, 2.45) is 5.73 Å². The maximum Gasteiger partial charge on any atom is 0.240 e. The molecule has 0 aromatic heterocycles. The smallest absolute Gasteiger partial charge is 0.240 e.